The van der Waals surface area contributed by atoms with Crippen molar-refractivity contribution >= 4 is 34.9 Å². The van der Waals surface area contributed by atoms with Gasteiger partial charge in [-0.15, -0.1) is 11.3 Å². The van der Waals surface area contributed by atoms with Gasteiger partial charge < -0.3 is 15.5 Å². The molecule has 0 fully saturated rings. The van der Waals surface area contributed by atoms with E-state index in [1.807, 2.05) is 31.2 Å². The van der Waals surface area contributed by atoms with E-state index in [-0.39, 0.29) is 11.9 Å². The maximum atomic E-state index is 12.3. The Morgan fingerprint density at radius 2 is 1.88 bits per heavy atom. The van der Waals surface area contributed by atoms with Crippen molar-refractivity contribution in [2.75, 3.05) is 13.6 Å². The van der Waals surface area contributed by atoms with E-state index in [1.165, 1.54) is 11.3 Å². The Morgan fingerprint density at radius 3 is 2.42 bits per heavy atom. The molecule has 2 aromatic rings. The van der Waals surface area contributed by atoms with E-state index in [0.717, 1.165) is 14.8 Å². The van der Waals surface area contributed by atoms with Crippen molar-refractivity contribution in [3.8, 4) is 0 Å². The number of benzene rings is 1. The van der Waals surface area contributed by atoms with Crippen LogP contribution < -0.4 is 10.6 Å². The standard InChI is InChI=1S/C17H20ClN3O2S/c1-3-21(11-14-8-9-15(18)24-14)17(23)20-10-12-4-6-13(7-5-12)16(22)19-2/h4-9H,3,10-11H2,1-2H3,(H,19,22)(H,20,23). The number of carbonyl (C=O) groups is 2. The largest absolute Gasteiger partial charge is 0.355 e. The number of halogens is 1. The lowest BCUT2D eigenvalue weighted by atomic mass is 10.1. The lowest BCUT2D eigenvalue weighted by molar-refractivity contribution is 0.0963. The molecule has 1 heterocycles. The number of nitrogens with zero attached hydrogens (tertiary/aromatic N) is 1. The summed E-state index contributed by atoms with van der Waals surface area (Å²) in [5.41, 5.74) is 1.53. The van der Waals surface area contributed by atoms with E-state index in [9.17, 15) is 9.59 Å². The Bertz CT molecular complexity index is 700. The van der Waals surface area contributed by atoms with Crippen LogP contribution in [0.25, 0.3) is 0 Å². The van der Waals surface area contributed by atoms with Crippen LogP contribution in [-0.4, -0.2) is 30.4 Å². The molecule has 0 aliphatic rings. The van der Waals surface area contributed by atoms with Gasteiger partial charge in [0.1, 0.15) is 0 Å². The van der Waals surface area contributed by atoms with Gasteiger partial charge >= 0.3 is 6.03 Å². The van der Waals surface area contributed by atoms with Crippen LogP contribution in [0.4, 0.5) is 4.79 Å². The zero-order valence-corrected chi connectivity index (χ0v) is 15.2. The van der Waals surface area contributed by atoms with E-state index < -0.39 is 0 Å². The first-order valence-corrected chi connectivity index (χ1v) is 8.81. The van der Waals surface area contributed by atoms with Crippen LogP contribution in [0.3, 0.4) is 0 Å². The molecule has 0 radical (unpaired) electrons. The molecule has 2 N–H and O–H groups in total. The highest BCUT2D eigenvalue weighted by Gasteiger charge is 2.13. The number of urea groups is 1. The number of hydrogen-bond acceptors (Lipinski definition) is 3. The van der Waals surface area contributed by atoms with Gasteiger partial charge in [-0.2, -0.15) is 0 Å². The summed E-state index contributed by atoms with van der Waals surface area (Å²) in [6, 6.07) is 10.8. The Labute approximate surface area is 150 Å². The number of rotatable bonds is 6. The first kappa shape index (κ1) is 18.3. The van der Waals surface area contributed by atoms with Crippen LogP contribution in [0.2, 0.25) is 4.34 Å². The van der Waals surface area contributed by atoms with Crippen molar-refractivity contribution in [3.63, 3.8) is 0 Å². The van der Waals surface area contributed by atoms with Gasteiger partial charge in [-0.1, -0.05) is 23.7 Å². The highest BCUT2D eigenvalue weighted by molar-refractivity contribution is 7.16. The van der Waals surface area contributed by atoms with Crippen molar-refractivity contribution in [1.29, 1.82) is 0 Å². The predicted molar refractivity (Wildman–Crippen MR) is 97.5 cm³/mol. The molecular weight excluding hydrogens is 346 g/mol. The molecule has 3 amide bonds. The summed E-state index contributed by atoms with van der Waals surface area (Å²) in [5.74, 6) is -0.127. The highest BCUT2D eigenvalue weighted by atomic mass is 35.5. The number of carbonyl (C=O) groups excluding carboxylic acids is 2. The van der Waals surface area contributed by atoms with Crippen LogP contribution in [0.15, 0.2) is 36.4 Å². The molecule has 0 bridgehead atoms. The molecule has 2 rings (SSSR count). The maximum Gasteiger partial charge on any atom is 0.317 e. The summed E-state index contributed by atoms with van der Waals surface area (Å²) in [4.78, 5) is 26.6. The second kappa shape index (κ2) is 8.70. The van der Waals surface area contributed by atoms with Crippen LogP contribution in [0.5, 0.6) is 0 Å². The van der Waals surface area contributed by atoms with E-state index in [2.05, 4.69) is 10.6 Å². The SMILES string of the molecule is CCN(Cc1ccc(Cl)s1)C(=O)NCc1ccc(C(=O)NC)cc1. The van der Waals surface area contributed by atoms with Crippen LogP contribution in [-0.2, 0) is 13.1 Å². The molecule has 0 atom stereocenters. The van der Waals surface area contributed by atoms with Gasteiger partial charge in [-0.3, -0.25) is 4.79 Å². The smallest absolute Gasteiger partial charge is 0.317 e. The van der Waals surface area contributed by atoms with Gasteiger partial charge in [0, 0.05) is 30.6 Å². The zero-order chi connectivity index (χ0) is 17.5. The van der Waals surface area contributed by atoms with Gasteiger partial charge in [0.05, 0.1) is 10.9 Å². The number of hydrogen-bond donors (Lipinski definition) is 2. The lowest BCUT2D eigenvalue weighted by Gasteiger charge is -2.20. The van der Waals surface area contributed by atoms with E-state index in [4.69, 9.17) is 11.6 Å². The molecule has 0 aliphatic carbocycles. The molecule has 0 aliphatic heterocycles. The third kappa shape index (κ3) is 4.97. The number of nitrogens with one attached hydrogen (secondary N) is 2. The minimum Gasteiger partial charge on any atom is -0.355 e. The van der Waals surface area contributed by atoms with Crippen LogP contribution >= 0.6 is 22.9 Å². The van der Waals surface area contributed by atoms with Crippen molar-refractivity contribution in [3.05, 3.63) is 56.7 Å². The molecule has 24 heavy (non-hydrogen) atoms. The molecule has 7 heteroatoms. The van der Waals surface area contributed by atoms with E-state index >= 15 is 0 Å². The number of thiophene rings is 1. The average Bonchev–Trinajstić information content (AvgIpc) is 3.02. The van der Waals surface area contributed by atoms with E-state index in [0.29, 0.717) is 25.2 Å². The minimum atomic E-state index is -0.127. The molecule has 0 spiro atoms. The summed E-state index contributed by atoms with van der Waals surface area (Å²) in [6.07, 6.45) is 0. The topological polar surface area (TPSA) is 61.4 Å². The van der Waals surface area contributed by atoms with Gasteiger partial charge in [0.25, 0.3) is 5.91 Å². The summed E-state index contributed by atoms with van der Waals surface area (Å²) in [6.45, 7) is 3.49. The third-order valence-electron chi connectivity index (χ3n) is 3.53. The summed E-state index contributed by atoms with van der Waals surface area (Å²) in [5, 5.41) is 5.47. The van der Waals surface area contributed by atoms with Crippen molar-refractivity contribution < 1.29 is 9.59 Å². The average molecular weight is 366 g/mol. The van der Waals surface area contributed by atoms with Gasteiger partial charge in [0.2, 0.25) is 0 Å². The molecule has 0 unspecified atom stereocenters. The fourth-order valence-electron chi connectivity index (χ4n) is 2.16. The van der Waals surface area contributed by atoms with E-state index in [1.54, 1.807) is 24.1 Å². The summed E-state index contributed by atoms with van der Waals surface area (Å²) >= 11 is 7.40. The minimum absolute atomic E-state index is 0.127. The Balaban J connectivity index is 1.89. The summed E-state index contributed by atoms with van der Waals surface area (Å²) in [7, 11) is 1.59. The number of amides is 3. The predicted octanol–water partition coefficient (Wildman–Crippen LogP) is 3.49. The van der Waals surface area contributed by atoms with Crippen molar-refractivity contribution in [1.82, 2.24) is 15.5 Å². The Kier molecular flexibility index (Phi) is 6.63. The van der Waals surface area contributed by atoms with Gasteiger partial charge in [0.15, 0.2) is 0 Å². The van der Waals surface area contributed by atoms with Crippen LogP contribution in [0.1, 0.15) is 27.7 Å². The third-order valence-corrected chi connectivity index (χ3v) is 4.75. The van der Waals surface area contributed by atoms with Gasteiger partial charge in [-0.25, -0.2) is 4.79 Å². The zero-order valence-electron chi connectivity index (χ0n) is 13.6. The quantitative estimate of drug-likeness (QED) is 0.823. The molecule has 0 saturated carbocycles. The normalized spacial score (nSPS) is 10.3. The van der Waals surface area contributed by atoms with Crippen molar-refractivity contribution in [2.24, 2.45) is 0 Å². The lowest BCUT2D eigenvalue weighted by Crippen LogP contribution is -2.38. The van der Waals surface area contributed by atoms with Crippen LogP contribution in [0, 0.1) is 0 Å². The molecule has 1 aromatic carbocycles. The first-order chi connectivity index (χ1) is 11.5. The summed E-state index contributed by atoms with van der Waals surface area (Å²) < 4.78 is 0.720. The fourth-order valence-corrected chi connectivity index (χ4v) is 3.26. The van der Waals surface area contributed by atoms with Gasteiger partial charge in [-0.05, 0) is 36.8 Å². The maximum absolute atomic E-state index is 12.3. The second-order valence-electron chi connectivity index (χ2n) is 5.15. The second-order valence-corrected chi connectivity index (χ2v) is 6.95. The highest BCUT2D eigenvalue weighted by Crippen LogP contribution is 2.22. The molecular formula is C17H20ClN3O2S. The molecule has 1 aromatic heterocycles. The molecule has 5 nitrogen and oxygen atoms in total. The monoisotopic (exact) mass is 365 g/mol. The van der Waals surface area contributed by atoms with Crippen molar-refractivity contribution in [2.45, 2.75) is 20.0 Å². The first-order valence-electron chi connectivity index (χ1n) is 7.61. The molecule has 128 valence electrons. The fraction of sp³-hybridized carbons (Fsp3) is 0.294. The Hall–Kier alpha value is -2.05. The molecule has 0 saturated heterocycles. The Morgan fingerprint density at radius 1 is 1.17 bits per heavy atom.